The quantitative estimate of drug-likeness (QED) is 0.813. The molecule has 0 spiro atoms. The molecule has 2 fully saturated rings. The molecule has 1 aromatic carbocycles. The second-order valence-corrected chi connectivity index (χ2v) is 6.65. The fourth-order valence-electron chi connectivity index (χ4n) is 3.96. The van der Waals surface area contributed by atoms with Crippen LogP contribution in [-0.2, 0) is 0 Å². The van der Waals surface area contributed by atoms with E-state index in [1.165, 1.54) is 19.3 Å². The minimum absolute atomic E-state index is 0.144. The number of amides is 1. The van der Waals surface area contributed by atoms with Gasteiger partial charge in [0.25, 0.3) is 5.91 Å². The van der Waals surface area contributed by atoms with E-state index in [-0.39, 0.29) is 11.7 Å². The second-order valence-electron chi connectivity index (χ2n) is 6.65. The molecule has 1 aromatic heterocycles. The molecule has 2 heterocycles. The van der Waals surface area contributed by atoms with Crippen LogP contribution in [0.25, 0.3) is 10.8 Å². The number of likely N-dealkylation sites (tertiary alicyclic amines) is 1. The van der Waals surface area contributed by atoms with Crippen molar-refractivity contribution in [2.45, 2.75) is 26.2 Å². The zero-order valence-corrected chi connectivity index (χ0v) is 12.7. The summed E-state index contributed by atoms with van der Waals surface area (Å²) in [4.78, 5) is 26.6. The van der Waals surface area contributed by atoms with Crippen molar-refractivity contribution in [1.82, 2.24) is 4.90 Å². The molecule has 0 N–H and O–H groups in total. The molecule has 4 heteroatoms. The summed E-state index contributed by atoms with van der Waals surface area (Å²) in [6, 6.07) is 7.32. The Morgan fingerprint density at radius 1 is 1.18 bits per heavy atom. The fraction of sp³-hybridized carbons (Fsp3) is 0.444. The lowest BCUT2D eigenvalue weighted by Gasteiger charge is -2.16. The van der Waals surface area contributed by atoms with Crippen LogP contribution in [0.3, 0.4) is 0 Å². The molecule has 1 aliphatic carbocycles. The van der Waals surface area contributed by atoms with Crippen LogP contribution in [0.4, 0.5) is 0 Å². The molecule has 1 aliphatic heterocycles. The van der Waals surface area contributed by atoms with E-state index in [1.807, 2.05) is 24.0 Å². The first-order valence-electron chi connectivity index (χ1n) is 7.95. The van der Waals surface area contributed by atoms with Crippen LogP contribution < -0.4 is 5.63 Å². The van der Waals surface area contributed by atoms with Crippen molar-refractivity contribution >= 4 is 16.7 Å². The van der Waals surface area contributed by atoms with Crippen LogP contribution in [0.1, 0.15) is 35.4 Å². The van der Waals surface area contributed by atoms with E-state index in [2.05, 4.69) is 0 Å². The van der Waals surface area contributed by atoms with Crippen molar-refractivity contribution < 1.29 is 9.21 Å². The predicted molar refractivity (Wildman–Crippen MR) is 84.0 cm³/mol. The summed E-state index contributed by atoms with van der Waals surface area (Å²) < 4.78 is 5.30. The minimum atomic E-state index is -0.427. The molecule has 4 rings (SSSR count). The van der Waals surface area contributed by atoms with Gasteiger partial charge in [-0.15, -0.1) is 0 Å². The van der Waals surface area contributed by atoms with E-state index < -0.39 is 5.63 Å². The first kappa shape index (κ1) is 13.6. The molecule has 1 saturated heterocycles. The normalized spacial score (nSPS) is 24.0. The van der Waals surface area contributed by atoms with Gasteiger partial charge >= 0.3 is 5.63 Å². The van der Waals surface area contributed by atoms with Crippen LogP contribution in [0.2, 0.25) is 0 Å². The molecule has 114 valence electrons. The Hall–Kier alpha value is -2.10. The van der Waals surface area contributed by atoms with Crippen LogP contribution >= 0.6 is 0 Å². The van der Waals surface area contributed by atoms with Gasteiger partial charge in [0, 0.05) is 13.1 Å². The molecule has 1 saturated carbocycles. The van der Waals surface area contributed by atoms with Crippen LogP contribution in [-0.4, -0.2) is 23.9 Å². The number of carbonyl (C=O) groups is 1. The first-order chi connectivity index (χ1) is 10.6. The molecule has 2 atom stereocenters. The second kappa shape index (κ2) is 4.97. The smallest absolute Gasteiger partial charge is 0.344 e. The van der Waals surface area contributed by atoms with Gasteiger partial charge in [0.15, 0.2) is 5.76 Å². The van der Waals surface area contributed by atoms with Crippen LogP contribution in [0.5, 0.6) is 0 Å². The topological polar surface area (TPSA) is 50.5 Å². The van der Waals surface area contributed by atoms with Gasteiger partial charge in [-0.25, -0.2) is 4.79 Å². The number of hydrogen-bond donors (Lipinski definition) is 0. The van der Waals surface area contributed by atoms with E-state index in [1.54, 1.807) is 12.1 Å². The Balaban J connectivity index is 1.68. The number of carbonyl (C=O) groups excluding carboxylic acids is 1. The molecule has 2 aliphatic rings. The van der Waals surface area contributed by atoms with Crippen LogP contribution in [0, 0.1) is 18.8 Å². The van der Waals surface area contributed by atoms with Gasteiger partial charge in [0.05, 0.1) is 5.39 Å². The maximum atomic E-state index is 12.6. The standard InChI is InChI=1S/C18H19NO3/c1-11-5-6-12-8-16(22-18(21)15(12)7-11)17(20)19-9-13-3-2-4-14(13)10-19/h5-8,13-14H,2-4,9-10H2,1H3. The molecule has 1 amide bonds. The molecular weight excluding hydrogens is 278 g/mol. The Kier molecular flexibility index (Phi) is 3.06. The van der Waals surface area contributed by atoms with Crippen molar-refractivity contribution in [1.29, 1.82) is 0 Å². The molecule has 2 aromatic rings. The van der Waals surface area contributed by atoms with E-state index in [4.69, 9.17) is 4.42 Å². The average molecular weight is 297 g/mol. The fourth-order valence-corrected chi connectivity index (χ4v) is 3.96. The lowest BCUT2D eigenvalue weighted by Crippen LogP contribution is -2.30. The highest BCUT2D eigenvalue weighted by molar-refractivity contribution is 5.95. The number of benzene rings is 1. The lowest BCUT2D eigenvalue weighted by molar-refractivity contribution is 0.0744. The van der Waals surface area contributed by atoms with Crippen molar-refractivity contribution in [3.8, 4) is 0 Å². The third-order valence-corrected chi connectivity index (χ3v) is 5.14. The summed E-state index contributed by atoms with van der Waals surface area (Å²) in [5.41, 5.74) is 0.579. The van der Waals surface area contributed by atoms with Crippen molar-refractivity contribution in [3.63, 3.8) is 0 Å². The third kappa shape index (κ3) is 2.14. The summed E-state index contributed by atoms with van der Waals surface area (Å²) in [5.74, 6) is 1.30. The molecule has 0 radical (unpaired) electrons. The van der Waals surface area contributed by atoms with Crippen molar-refractivity contribution in [3.05, 3.63) is 46.0 Å². The van der Waals surface area contributed by atoms with Crippen molar-refractivity contribution in [2.24, 2.45) is 11.8 Å². The summed E-state index contributed by atoms with van der Waals surface area (Å²) >= 11 is 0. The summed E-state index contributed by atoms with van der Waals surface area (Å²) in [6.45, 7) is 3.54. The molecule has 22 heavy (non-hydrogen) atoms. The average Bonchev–Trinajstić information content (AvgIpc) is 3.08. The first-order valence-corrected chi connectivity index (χ1v) is 7.95. The SMILES string of the molecule is Cc1ccc2cc(C(=O)N3CC4CCCC4C3)oc(=O)c2c1. The maximum Gasteiger partial charge on any atom is 0.344 e. The van der Waals surface area contributed by atoms with Gasteiger partial charge in [-0.2, -0.15) is 0 Å². The Morgan fingerprint density at radius 3 is 2.64 bits per heavy atom. The maximum absolute atomic E-state index is 12.6. The zero-order chi connectivity index (χ0) is 15.3. The molecule has 4 nitrogen and oxygen atoms in total. The number of nitrogens with zero attached hydrogens (tertiary/aromatic N) is 1. The van der Waals surface area contributed by atoms with Gasteiger partial charge < -0.3 is 9.32 Å². The Morgan fingerprint density at radius 2 is 1.91 bits per heavy atom. The Bertz CT molecular complexity index is 796. The highest BCUT2D eigenvalue weighted by Crippen LogP contribution is 2.38. The van der Waals surface area contributed by atoms with Crippen LogP contribution in [0.15, 0.2) is 33.5 Å². The highest BCUT2D eigenvalue weighted by atomic mass is 16.4. The number of hydrogen-bond acceptors (Lipinski definition) is 3. The molecule has 2 unspecified atom stereocenters. The molecular formula is C18H19NO3. The van der Waals surface area contributed by atoms with Gasteiger partial charge in [-0.05, 0) is 49.1 Å². The van der Waals surface area contributed by atoms with Gasteiger partial charge in [0.1, 0.15) is 0 Å². The number of rotatable bonds is 1. The highest BCUT2D eigenvalue weighted by Gasteiger charge is 2.38. The summed E-state index contributed by atoms with van der Waals surface area (Å²) in [7, 11) is 0. The van der Waals surface area contributed by atoms with Gasteiger partial charge in [0.2, 0.25) is 0 Å². The summed E-state index contributed by atoms with van der Waals surface area (Å²) in [5, 5.41) is 1.31. The van der Waals surface area contributed by atoms with E-state index in [0.717, 1.165) is 24.0 Å². The van der Waals surface area contributed by atoms with Gasteiger partial charge in [-0.3, -0.25) is 4.79 Å². The number of fused-ring (bicyclic) bond motifs is 2. The summed E-state index contributed by atoms with van der Waals surface area (Å²) in [6.07, 6.45) is 3.71. The monoisotopic (exact) mass is 297 g/mol. The lowest BCUT2D eigenvalue weighted by atomic mass is 10.0. The third-order valence-electron chi connectivity index (χ3n) is 5.14. The molecule has 0 bridgehead atoms. The van der Waals surface area contributed by atoms with E-state index in [0.29, 0.717) is 17.2 Å². The predicted octanol–water partition coefficient (Wildman–Crippen LogP) is 2.97. The largest absolute Gasteiger partial charge is 0.417 e. The Labute approximate surface area is 128 Å². The zero-order valence-electron chi connectivity index (χ0n) is 12.7. The van der Waals surface area contributed by atoms with E-state index >= 15 is 0 Å². The minimum Gasteiger partial charge on any atom is -0.417 e. The van der Waals surface area contributed by atoms with E-state index in [9.17, 15) is 9.59 Å². The number of aryl methyl sites for hydroxylation is 1. The van der Waals surface area contributed by atoms with Gasteiger partial charge in [-0.1, -0.05) is 24.1 Å². The van der Waals surface area contributed by atoms with Crippen molar-refractivity contribution in [2.75, 3.05) is 13.1 Å².